The molecule has 0 amide bonds. The number of hydrogen-bond donors (Lipinski definition) is 1. The Morgan fingerprint density at radius 1 is 1.05 bits per heavy atom. The number of nitrogens with one attached hydrogen (secondary N) is 1. The maximum Gasteiger partial charge on any atom is 0.306 e. The summed E-state index contributed by atoms with van der Waals surface area (Å²) in [7, 11) is 1.43. The molecule has 0 bridgehead atoms. The van der Waals surface area contributed by atoms with Crippen LogP contribution in [-0.4, -0.2) is 45.0 Å². The Hall–Kier alpha value is -3.57. The van der Waals surface area contributed by atoms with Crippen molar-refractivity contribution in [2.24, 2.45) is 0 Å². The van der Waals surface area contributed by atoms with Crippen LogP contribution in [0.4, 0.5) is 8.78 Å². The van der Waals surface area contributed by atoms with Gasteiger partial charge in [0.05, 0.1) is 43.8 Å². The monoisotopic (exact) mass is 547 g/mol. The van der Waals surface area contributed by atoms with Crippen LogP contribution >= 0.6 is 11.3 Å². The number of fused-ring (bicyclic) bond motifs is 2. The number of rotatable bonds is 13. The van der Waals surface area contributed by atoms with Crippen LogP contribution in [-0.2, 0) is 22.6 Å². The predicted molar refractivity (Wildman–Crippen MR) is 136 cm³/mol. The van der Waals surface area contributed by atoms with Crippen LogP contribution < -0.4 is 19.5 Å². The number of benzene rings is 2. The summed E-state index contributed by atoms with van der Waals surface area (Å²) in [5.41, 5.74) is 1.36. The normalized spacial score (nSPS) is 12.3. The number of carbonyl (C=O) groups excluding carboxylic acids is 3. The molecule has 38 heavy (non-hydrogen) atoms. The fraction of sp³-hybridized carbons (Fsp3) is 0.370. The summed E-state index contributed by atoms with van der Waals surface area (Å²) in [4.78, 5) is 35.9. The van der Waals surface area contributed by atoms with E-state index in [1.165, 1.54) is 19.2 Å². The van der Waals surface area contributed by atoms with E-state index >= 15 is 4.39 Å². The van der Waals surface area contributed by atoms with Crippen LogP contribution in [0.2, 0.25) is 0 Å². The highest BCUT2D eigenvalue weighted by Gasteiger charge is 2.24. The van der Waals surface area contributed by atoms with E-state index in [4.69, 9.17) is 18.9 Å². The van der Waals surface area contributed by atoms with Gasteiger partial charge in [0.15, 0.2) is 41.0 Å². The SMILES string of the molecule is CCOC(=O)CCC(=O)c1cc2c(F)c(OCCCOc3c(OC)cc4c(c3F)CNC4)c(C=O)cc2s1. The number of hydrogen-bond acceptors (Lipinski definition) is 9. The standard InChI is InChI=1S/C27H27F2NO7S/c1-3-35-23(33)6-5-19(32)22-11-17-21(38-22)10-16(14-31)26(24(17)28)36-7-4-8-37-27-20(34-2)9-15-12-30-13-18(15)25(27)29/h9-11,14,30H,3-8,12-13H2,1-2H3. The topological polar surface area (TPSA) is 100 Å². The molecule has 0 unspecified atom stereocenters. The molecule has 2 heterocycles. The van der Waals surface area contributed by atoms with E-state index in [9.17, 15) is 18.8 Å². The van der Waals surface area contributed by atoms with E-state index in [-0.39, 0.29) is 77.9 Å². The number of Topliss-reactive ketones (excluding diaryl/α,β-unsaturated/α-hetero) is 1. The van der Waals surface area contributed by atoms with Crippen molar-refractivity contribution in [3.63, 3.8) is 0 Å². The first-order chi connectivity index (χ1) is 18.4. The minimum atomic E-state index is -0.759. The van der Waals surface area contributed by atoms with Crippen molar-refractivity contribution in [3.8, 4) is 17.2 Å². The number of ketones is 1. The van der Waals surface area contributed by atoms with Gasteiger partial charge in [0.1, 0.15) is 0 Å². The number of esters is 1. The minimum absolute atomic E-state index is 0.00197. The molecule has 1 aliphatic rings. The minimum Gasteiger partial charge on any atom is -0.493 e. The van der Waals surface area contributed by atoms with E-state index in [1.54, 1.807) is 13.0 Å². The Morgan fingerprint density at radius 2 is 1.82 bits per heavy atom. The zero-order chi connectivity index (χ0) is 27.2. The Kier molecular flexibility index (Phi) is 8.90. The van der Waals surface area contributed by atoms with Gasteiger partial charge in [-0.3, -0.25) is 14.4 Å². The fourth-order valence-electron chi connectivity index (χ4n) is 4.14. The lowest BCUT2D eigenvalue weighted by Gasteiger charge is -2.15. The second-order valence-corrected chi connectivity index (χ2v) is 9.57. The quantitative estimate of drug-likeness (QED) is 0.139. The zero-order valence-electron chi connectivity index (χ0n) is 21.0. The van der Waals surface area contributed by atoms with Gasteiger partial charge >= 0.3 is 5.97 Å². The van der Waals surface area contributed by atoms with Gasteiger partial charge in [0.2, 0.25) is 0 Å². The van der Waals surface area contributed by atoms with Crippen molar-refractivity contribution in [1.29, 1.82) is 0 Å². The highest BCUT2D eigenvalue weighted by molar-refractivity contribution is 7.20. The Bertz CT molecular complexity index is 1370. The van der Waals surface area contributed by atoms with Crippen molar-refractivity contribution in [1.82, 2.24) is 5.32 Å². The molecule has 0 aliphatic carbocycles. The summed E-state index contributed by atoms with van der Waals surface area (Å²) in [6.07, 6.45) is 0.616. The van der Waals surface area contributed by atoms with Crippen molar-refractivity contribution in [2.45, 2.75) is 39.3 Å². The molecule has 3 aromatic rings. The number of ether oxygens (including phenoxy) is 4. The number of carbonyl (C=O) groups is 3. The first-order valence-corrected chi connectivity index (χ1v) is 12.9. The second kappa shape index (κ2) is 12.3. The fourth-order valence-corrected chi connectivity index (χ4v) is 5.22. The van der Waals surface area contributed by atoms with Gasteiger partial charge in [-0.25, -0.2) is 8.78 Å². The van der Waals surface area contributed by atoms with E-state index in [0.29, 0.717) is 29.6 Å². The van der Waals surface area contributed by atoms with Gasteiger partial charge < -0.3 is 24.3 Å². The van der Waals surface area contributed by atoms with Crippen LogP contribution in [0.3, 0.4) is 0 Å². The Labute approximate surface area is 221 Å². The third-order valence-electron chi connectivity index (χ3n) is 6.01. The molecule has 1 N–H and O–H groups in total. The first-order valence-electron chi connectivity index (χ1n) is 12.1. The average molecular weight is 548 g/mol. The van der Waals surface area contributed by atoms with Gasteiger partial charge in [-0.05, 0) is 30.7 Å². The summed E-state index contributed by atoms with van der Waals surface area (Å²) in [6.45, 7) is 2.92. The molecule has 0 saturated heterocycles. The Morgan fingerprint density at radius 3 is 2.53 bits per heavy atom. The molecule has 1 aromatic heterocycles. The smallest absolute Gasteiger partial charge is 0.306 e. The van der Waals surface area contributed by atoms with E-state index < -0.39 is 17.6 Å². The zero-order valence-corrected chi connectivity index (χ0v) is 21.8. The molecular weight excluding hydrogens is 520 g/mol. The molecule has 202 valence electrons. The maximum atomic E-state index is 15.3. The highest BCUT2D eigenvalue weighted by Crippen LogP contribution is 2.37. The van der Waals surface area contributed by atoms with Crippen molar-refractivity contribution in [3.05, 3.63) is 51.4 Å². The number of methoxy groups -OCH3 is 1. The lowest BCUT2D eigenvalue weighted by atomic mass is 10.1. The molecule has 11 heteroatoms. The number of aldehydes is 1. The third kappa shape index (κ3) is 5.78. The molecule has 4 rings (SSSR count). The lowest BCUT2D eigenvalue weighted by Crippen LogP contribution is -2.09. The molecule has 8 nitrogen and oxygen atoms in total. The molecule has 0 saturated carbocycles. The molecule has 0 fully saturated rings. The highest BCUT2D eigenvalue weighted by atomic mass is 32.1. The molecule has 0 radical (unpaired) electrons. The van der Waals surface area contributed by atoms with Gasteiger partial charge in [0.25, 0.3) is 0 Å². The van der Waals surface area contributed by atoms with Gasteiger partial charge in [-0.15, -0.1) is 11.3 Å². The first kappa shape index (κ1) is 27.5. The summed E-state index contributed by atoms with van der Waals surface area (Å²) >= 11 is 1.04. The van der Waals surface area contributed by atoms with E-state index in [2.05, 4.69) is 5.32 Å². The molecule has 0 spiro atoms. The maximum absolute atomic E-state index is 15.3. The van der Waals surface area contributed by atoms with Crippen molar-refractivity contribution in [2.75, 3.05) is 26.9 Å². The van der Waals surface area contributed by atoms with Crippen LogP contribution in [0.5, 0.6) is 17.2 Å². The van der Waals surface area contributed by atoms with E-state index in [0.717, 1.165) is 16.9 Å². The predicted octanol–water partition coefficient (Wildman–Crippen LogP) is 4.98. The van der Waals surface area contributed by atoms with E-state index in [1.807, 2.05) is 0 Å². The molecule has 2 aromatic carbocycles. The van der Waals surface area contributed by atoms with Gasteiger partial charge in [-0.2, -0.15) is 0 Å². The number of thiophene rings is 1. The third-order valence-corrected chi connectivity index (χ3v) is 7.13. The lowest BCUT2D eigenvalue weighted by molar-refractivity contribution is -0.143. The summed E-state index contributed by atoms with van der Waals surface area (Å²) in [5, 5.41) is 3.22. The summed E-state index contributed by atoms with van der Waals surface area (Å²) in [5.74, 6) is -1.98. The summed E-state index contributed by atoms with van der Waals surface area (Å²) < 4.78 is 51.9. The van der Waals surface area contributed by atoms with Crippen molar-refractivity contribution >= 4 is 39.5 Å². The largest absolute Gasteiger partial charge is 0.493 e. The summed E-state index contributed by atoms with van der Waals surface area (Å²) in [6, 6.07) is 4.59. The Balaban J connectivity index is 1.40. The second-order valence-electron chi connectivity index (χ2n) is 8.49. The molecule has 1 aliphatic heterocycles. The van der Waals surface area contributed by atoms with Gasteiger partial charge in [-0.1, -0.05) is 0 Å². The average Bonchev–Trinajstić information content (AvgIpc) is 3.56. The number of halogens is 2. The van der Waals surface area contributed by atoms with Crippen LogP contribution in [0.25, 0.3) is 10.1 Å². The molecular formula is C27H27F2NO7S. The van der Waals surface area contributed by atoms with Gasteiger partial charge in [0, 0.05) is 41.6 Å². The molecule has 0 atom stereocenters. The van der Waals surface area contributed by atoms with Crippen LogP contribution in [0.1, 0.15) is 57.3 Å². The van der Waals surface area contributed by atoms with Crippen LogP contribution in [0, 0.1) is 11.6 Å². The van der Waals surface area contributed by atoms with Crippen LogP contribution in [0.15, 0.2) is 18.2 Å². The van der Waals surface area contributed by atoms with Crippen molar-refractivity contribution < 1.29 is 42.1 Å².